The van der Waals surface area contributed by atoms with Crippen LogP contribution >= 0.6 is 11.6 Å². The number of H-pyrrole nitrogens is 1. The molecule has 3 aliphatic heterocycles. The number of fused-ring (bicyclic) bond motifs is 4. The lowest BCUT2D eigenvalue weighted by Gasteiger charge is -2.53. The molecule has 1 saturated carbocycles. The maximum absolute atomic E-state index is 12.1. The second kappa shape index (κ2) is 16.3. The van der Waals surface area contributed by atoms with Gasteiger partial charge in [-0.2, -0.15) is 0 Å². The first-order chi connectivity index (χ1) is 25.2. The van der Waals surface area contributed by atoms with Gasteiger partial charge in [0.25, 0.3) is 0 Å². The van der Waals surface area contributed by atoms with Crippen LogP contribution in [0.15, 0.2) is 77.6 Å². The van der Waals surface area contributed by atoms with E-state index in [1.54, 1.807) is 12.1 Å². The van der Waals surface area contributed by atoms with Gasteiger partial charge in [-0.25, -0.2) is 0 Å². The molecule has 4 heterocycles. The first-order valence-corrected chi connectivity index (χ1v) is 19.5. The molecule has 4 aliphatic rings. The average Bonchev–Trinajstić information content (AvgIpc) is 3.72. The Morgan fingerprint density at radius 1 is 0.962 bits per heavy atom. The van der Waals surface area contributed by atoms with Gasteiger partial charge in [0.15, 0.2) is 0 Å². The fraction of sp³-hybridized carbons (Fsp3) is 0.500. The fourth-order valence-corrected chi connectivity index (χ4v) is 9.14. The summed E-state index contributed by atoms with van der Waals surface area (Å²) in [7, 11) is 0. The third-order valence-corrected chi connectivity index (χ3v) is 12.3. The number of nitrogens with one attached hydrogen (secondary N) is 2. The maximum atomic E-state index is 12.1. The number of benzene rings is 3. The third kappa shape index (κ3) is 8.35. The van der Waals surface area contributed by atoms with Gasteiger partial charge in [-0.15, -0.1) is 0 Å². The first-order valence-electron chi connectivity index (χ1n) is 19.1. The summed E-state index contributed by atoms with van der Waals surface area (Å²) in [5, 5.41) is 37.6. The molecule has 10 heteroatoms. The molecule has 3 atom stereocenters. The number of aromatic hydroxyl groups is 1. The fourth-order valence-electron chi connectivity index (χ4n) is 9.01. The van der Waals surface area contributed by atoms with Crippen molar-refractivity contribution < 1.29 is 29.3 Å². The minimum Gasteiger partial charge on any atom is -0.506 e. The predicted octanol–water partition coefficient (Wildman–Crippen LogP) is 6.23. The number of hydrogen-bond donors (Lipinski definition) is 5. The largest absolute Gasteiger partial charge is 0.506 e. The van der Waals surface area contributed by atoms with E-state index in [0.29, 0.717) is 53.7 Å². The molecule has 3 saturated heterocycles. The summed E-state index contributed by atoms with van der Waals surface area (Å²) >= 11 is 6.19. The number of aromatic nitrogens is 1. The summed E-state index contributed by atoms with van der Waals surface area (Å²) in [4.78, 5) is 14.3. The zero-order valence-corrected chi connectivity index (χ0v) is 30.7. The van der Waals surface area contributed by atoms with Gasteiger partial charge in [0, 0.05) is 48.2 Å². The van der Waals surface area contributed by atoms with Gasteiger partial charge in [-0.05, 0) is 84.8 Å². The molecule has 0 unspecified atom stereocenters. The first kappa shape index (κ1) is 36.9. The molecule has 4 aromatic rings. The van der Waals surface area contributed by atoms with Gasteiger partial charge >= 0.3 is 0 Å². The van der Waals surface area contributed by atoms with Crippen molar-refractivity contribution in [2.24, 2.45) is 11.8 Å². The minimum absolute atomic E-state index is 0.0192. The molecular formula is C42H53ClN3O6+. The van der Waals surface area contributed by atoms with Gasteiger partial charge < -0.3 is 39.6 Å². The Kier molecular flexibility index (Phi) is 11.6. The highest BCUT2D eigenvalue weighted by molar-refractivity contribution is 6.30. The number of pyridine rings is 1. The number of phenolic OH excluding ortho intramolecular Hbond substituents is 1. The molecular weight excluding hydrogens is 678 g/mol. The van der Waals surface area contributed by atoms with Gasteiger partial charge in [0.2, 0.25) is 5.56 Å². The molecule has 5 N–H and O–H groups in total. The quantitative estimate of drug-likeness (QED) is 0.0685. The van der Waals surface area contributed by atoms with Gasteiger partial charge in [-0.1, -0.05) is 54.8 Å². The van der Waals surface area contributed by atoms with Crippen LogP contribution in [0.3, 0.4) is 0 Å². The number of phenols is 1. The Morgan fingerprint density at radius 3 is 2.46 bits per heavy atom. The highest BCUT2D eigenvalue weighted by atomic mass is 35.5. The third-order valence-electron chi connectivity index (χ3n) is 12.1. The van der Waals surface area contributed by atoms with Crippen molar-refractivity contribution in [1.82, 2.24) is 10.3 Å². The topological polar surface area (TPSA) is 124 Å². The molecule has 1 aromatic heterocycles. The van der Waals surface area contributed by atoms with Crippen molar-refractivity contribution in [3.05, 3.63) is 105 Å². The number of nitrogens with zero attached hydrogens (tertiary/aromatic N) is 1. The number of aliphatic hydroxyl groups is 2. The van der Waals surface area contributed by atoms with Crippen LogP contribution in [0.1, 0.15) is 67.7 Å². The molecule has 0 amide bonds. The number of piperidine rings is 3. The van der Waals surface area contributed by atoms with Crippen molar-refractivity contribution in [3.63, 3.8) is 0 Å². The molecule has 1 aliphatic carbocycles. The van der Waals surface area contributed by atoms with E-state index in [-0.39, 0.29) is 23.3 Å². The normalized spacial score (nSPS) is 23.5. The molecule has 0 radical (unpaired) electrons. The maximum Gasteiger partial charge on any atom is 0.248 e. The van der Waals surface area contributed by atoms with E-state index in [1.165, 1.54) is 43.6 Å². The zero-order chi connectivity index (χ0) is 36.1. The summed E-state index contributed by atoms with van der Waals surface area (Å²) in [6, 6.07) is 22.2. The van der Waals surface area contributed by atoms with E-state index in [4.69, 9.17) is 21.1 Å². The van der Waals surface area contributed by atoms with E-state index < -0.39 is 11.7 Å². The lowest BCUT2D eigenvalue weighted by Crippen LogP contribution is -2.65. The summed E-state index contributed by atoms with van der Waals surface area (Å²) in [6.07, 6.45) is 7.93. The predicted molar refractivity (Wildman–Crippen MR) is 204 cm³/mol. The molecule has 0 spiro atoms. The Balaban J connectivity index is 0.842. The molecule has 278 valence electrons. The zero-order valence-electron chi connectivity index (χ0n) is 29.9. The van der Waals surface area contributed by atoms with Crippen LogP contribution in [-0.4, -0.2) is 83.4 Å². The number of rotatable bonds is 16. The van der Waals surface area contributed by atoms with Crippen LogP contribution in [-0.2, 0) is 16.8 Å². The van der Waals surface area contributed by atoms with Crippen LogP contribution in [0.25, 0.3) is 10.9 Å². The summed E-state index contributed by atoms with van der Waals surface area (Å²) in [5.41, 5.74) is 1.81. The van der Waals surface area contributed by atoms with Crippen LogP contribution in [0.4, 0.5) is 0 Å². The highest BCUT2D eigenvalue weighted by Crippen LogP contribution is 2.43. The molecule has 2 bridgehead atoms. The smallest absolute Gasteiger partial charge is 0.248 e. The second-order valence-electron chi connectivity index (χ2n) is 15.4. The van der Waals surface area contributed by atoms with E-state index in [0.717, 1.165) is 67.4 Å². The standard InChI is InChI=1S/C42H52ClN3O6/c43-33-10-8-32(9-11-33)42(50,31-4-1-2-5-31)28-52-39-27-46(23-19-30(39)20-24-46)22-3-25-51-34-12-6-29(7-13-34)18-21-44-26-38(48)35-14-16-37(47)41-36(35)15-17-40(49)45-41/h6-17,30-31,38-39,44,48,50H,1-5,18-28H2,(H-,45,47,49)/p+1/t30?,38-,39-,42-,46?/m0/s1. The molecule has 4 fully saturated rings. The monoisotopic (exact) mass is 730 g/mol. The Bertz CT molecular complexity index is 1840. The number of quaternary nitrogens is 1. The van der Waals surface area contributed by atoms with Gasteiger partial charge in [-0.3, -0.25) is 4.79 Å². The second-order valence-corrected chi connectivity index (χ2v) is 15.8. The molecule has 52 heavy (non-hydrogen) atoms. The minimum atomic E-state index is -0.977. The van der Waals surface area contributed by atoms with Crippen molar-refractivity contribution in [1.29, 1.82) is 0 Å². The number of halogens is 1. The van der Waals surface area contributed by atoms with Crippen LogP contribution in [0, 0.1) is 11.8 Å². The van der Waals surface area contributed by atoms with Crippen molar-refractivity contribution in [3.8, 4) is 11.5 Å². The Morgan fingerprint density at radius 2 is 1.71 bits per heavy atom. The van der Waals surface area contributed by atoms with E-state index in [2.05, 4.69) is 22.4 Å². The van der Waals surface area contributed by atoms with Crippen molar-refractivity contribution in [2.75, 3.05) is 52.5 Å². The SMILES string of the molecule is O=c1ccc2c([C@@H](O)CNCCc3ccc(OCCC[N+]45CCC(CC4)[C@@H](OC[C@@](O)(c4ccc(Cl)cc4)C4CCCC4)C5)cc3)ccc(O)c2[nH]1. The highest BCUT2D eigenvalue weighted by Gasteiger charge is 2.48. The Labute approximate surface area is 311 Å². The lowest BCUT2D eigenvalue weighted by molar-refractivity contribution is -0.946. The van der Waals surface area contributed by atoms with Crippen LogP contribution in [0.2, 0.25) is 5.02 Å². The van der Waals surface area contributed by atoms with Crippen LogP contribution in [0.5, 0.6) is 11.5 Å². The molecule has 8 rings (SSSR count). The van der Waals surface area contributed by atoms with E-state index in [9.17, 15) is 20.1 Å². The summed E-state index contributed by atoms with van der Waals surface area (Å²) in [6.45, 7) is 6.53. The van der Waals surface area contributed by atoms with Gasteiger partial charge in [0.05, 0.1) is 44.5 Å². The van der Waals surface area contributed by atoms with E-state index >= 15 is 0 Å². The van der Waals surface area contributed by atoms with E-state index in [1.807, 2.05) is 36.4 Å². The van der Waals surface area contributed by atoms with Crippen molar-refractivity contribution in [2.45, 2.75) is 69.2 Å². The summed E-state index contributed by atoms with van der Waals surface area (Å²) < 4.78 is 14.0. The lowest BCUT2D eigenvalue weighted by atomic mass is 9.80. The van der Waals surface area contributed by atoms with Crippen LogP contribution < -0.4 is 15.6 Å². The summed E-state index contributed by atoms with van der Waals surface area (Å²) in [5.74, 6) is 1.64. The number of hydrogen-bond acceptors (Lipinski definition) is 7. The van der Waals surface area contributed by atoms with Gasteiger partial charge in [0.1, 0.15) is 29.7 Å². The molecule has 3 aromatic carbocycles. The average molecular weight is 731 g/mol. The Hall–Kier alpha value is -3.44. The van der Waals surface area contributed by atoms with Crippen molar-refractivity contribution >= 4 is 22.5 Å². The number of aromatic amines is 1. The number of ether oxygens (including phenoxy) is 2. The molecule has 9 nitrogen and oxygen atoms in total. The number of aliphatic hydroxyl groups excluding tert-OH is 1.